The van der Waals surface area contributed by atoms with Crippen LogP contribution in [0.4, 0.5) is 0 Å². The number of carbonyl (C=O) groups is 1. The van der Waals surface area contributed by atoms with E-state index < -0.39 is 18.2 Å². The summed E-state index contributed by atoms with van der Waals surface area (Å²) in [5, 5.41) is 13.8. The summed E-state index contributed by atoms with van der Waals surface area (Å²) in [6, 6.07) is 1.08. The second-order valence-corrected chi connectivity index (χ2v) is 4.62. The Morgan fingerprint density at radius 2 is 2.32 bits per heavy atom. The zero-order valence-corrected chi connectivity index (χ0v) is 11.2. The molecule has 2 rings (SSSR count). The van der Waals surface area contributed by atoms with Crippen molar-refractivity contribution in [3.05, 3.63) is 17.5 Å². The summed E-state index contributed by atoms with van der Waals surface area (Å²) in [7, 11) is 3.09. The number of rotatable bonds is 3. The zero-order valence-electron chi connectivity index (χ0n) is 11.2. The third kappa shape index (κ3) is 2.78. The number of methoxy groups -OCH3 is 1. The first-order chi connectivity index (χ1) is 9.04. The Morgan fingerprint density at radius 1 is 1.58 bits per heavy atom. The van der Waals surface area contributed by atoms with Crippen LogP contribution >= 0.6 is 0 Å². The van der Waals surface area contributed by atoms with E-state index in [4.69, 9.17) is 14.0 Å². The lowest BCUT2D eigenvalue weighted by Gasteiger charge is -2.38. The molecule has 0 spiro atoms. The molecule has 2 heterocycles. The fourth-order valence-electron chi connectivity index (χ4n) is 2.09. The Morgan fingerprint density at radius 3 is 2.89 bits per heavy atom. The highest BCUT2D eigenvalue weighted by Crippen LogP contribution is 2.18. The van der Waals surface area contributed by atoms with E-state index in [1.54, 1.807) is 20.0 Å². The number of carbonyl (C=O) groups excluding carboxylic acids is 1. The van der Waals surface area contributed by atoms with Crippen LogP contribution in [0.15, 0.2) is 10.6 Å². The molecule has 1 aromatic heterocycles. The van der Waals surface area contributed by atoms with Crippen LogP contribution in [0.2, 0.25) is 0 Å². The lowest BCUT2D eigenvalue weighted by molar-refractivity contribution is -0.135. The summed E-state index contributed by atoms with van der Waals surface area (Å²) in [6.07, 6.45) is -1.23. The van der Waals surface area contributed by atoms with Gasteiger partial charge in [0.05, 0.1) is 24.9 Å². The topological polar surface area (TPSA) is 85.0 Å². The van der Waals surface area contributed by atoms with E-state index in [2.05, 4.69) is 5.16 Å². The van der Waals surface area contributed by atoms with Gasteiger partial charge in [-0.25, -0.2) is 0 Å². The molecule has 1 aliphatic heterocycles. The molecule has 1 N–H and O–H groups in total. The van der Waals surface area contributed by atoms with Crippen molar-refractivity contribution in [2.24, 2.45) is 0 Å². The Bertz CT molecular complexity index is 447. The van der Waals surface area contributed by atoms with Crippen molar-refractivity contribution in [1.82, 2.24) is 10.1 Å². The summed E-state index contributed by atoms with van der Waals surface area (Å²) in [5.41, 5.74) is 0.631. The number of aliphatic hydroxyl groups is 1. The maximum atomic E-state index is 12.2. The first-order valence-electron chi connectivity index (χ1n) is 6.03. The van der Waals surface area contributed by atoms with E-state index in [1.807, 2.05) is 0 Å². The molecule has 3 atom stereocenters. The van der Waals surface area contributed by atoms with E-state index >= 15 is 0 Å². The largest absolute Gasteiger partial charge is 0.388 e. The first kappa shape index (κ1) is 14.0. The van der Waals surface area contributed by atoms with Crippen molar-refractivity contribution in [2.45, 2.75) is 25.2 Å². The Kier molecular flexibility index (Phi) is 4.18. The molecular formula is C12H18N2O5. The van der Waals surface area contributed by atoms with E-state index in [-0.39, 0.29) is 18.3 Å². The van der Waals surface area contributed by atoms with Crippen molar-refractivity contribution in [3.8, 4) is 0 Å². The Labute approximate surface area is 111 Å². The molecule has 1 fully saturated rings. The standard InChI is InChI=1S/C12H18N2O5/c1-7-4-9(19-13-7)12(16)14(2)8-5-18-6-10(17-3)11(8)15/h4,8,10-11,15H,5-6H2,1-3H3/t8-,10-,11+/m1/s1. The maximum Gasteiger partial charge on any atom is 0.292 e. The van der Waals surface area contributed by atoms with Gasteiger partial charge in [0, 0.05) is 20.2 Å². The molecule has 1 aliphatic rings. The number of aromatic nitrogens is 1. The normalized spacial score (nSPS) is 27.3. The number of aliphatic hydroxyl groups excluding tert-OH is 1. The van der Waals surface area contributed by atoms with Gasteiger partial charge < -0.3 is 24.0 Å². The molecule has 7 heteroatoms. The number of ether oxygens (including phenoxy) is 2. The highest BCUT2D eigenvalue weighted by Gasteiger charge is 2.37. The van der Waals surface area contributed by atoms with Crippen molar-refractivity contribution >= 4 is 5.91 Å². The third-order valence-electron chi connectivity index (χ3n) is 3.31. The van der Waals surface area contributed by atoms with Crippen LogP contribution in [-0.2, 0) is 9.47 Å². The average molecular weight is 270 g/mol. The number of likely N-dealkylation sites (N-methyl/N-ethyl adjacent to an activating group) is 1. The van der Waals surface area contributed by atoms with Crippen LogP contribution in [0.1, 0.15) is 16.2 Å². The third-order valence-corrected chi connectivity index (χ3v) is 3.31. The minimum atomic E-state index is -0.795. The summed E-state index contributed by atoms with van der Waals surface area (Å²) < 4.78 is 15.4. The van der Waals surface area contributed by atoms with Crippen molar-refractivity contribution in [3.63, 3.8) is 0 Å². The summed E-state index contributed by atoms with van der Waals surface area (Å²) in [5.74, 6) is -0.197. The van der Waals surface area contributed by atoms with Gasteiger partial charge in [-0.3, -0.25) is 4.79 Å². The number of amides is 1. The van der Waals surface area contributed by atoms with E-state index in [0.29, 0.717) is 12.3 Å². The lowest BCUT2D eigenvalue weighted by atomic mass is 10.0. The number of hydrogen-bond donors (Lipinski definition) is 1. The fraction of sp³-hybridized carbons (Fsp3) is 0.667. The Hall–Kier alpha value is -1.44. The van der Waals surface area contributed by atoms with Crippen LogP contribution in [0.5, 0.6) is 0 Å². The van der Waals surface area contributed by atoms with Gasteiger partial charge >= 0.3 is 0 Å². The predicted molar refractivity (Wildman–Crippen MR) is 64.7 cm³/mol. The smallest absolute Gasteiger partial charge is 0.292 e. The first-order valence-corrected chi connectivity index (χ1v) is 6.03. The predicted octanol–water partition coefficient (Wildman–Crippen LogP) is -0.170. The molecule has 106 valence electrons. The monoisotopic (exact) mass is 270 g/mol. The van der Waals surface area contributed by atoms with E-state index in [1.165, 1.54) is 12.0 Å². The average Bonchev–Trinajstić information content (AvgIpc) is 2.84. The van der Waals surface area contributed by atoms with Crippen LogP contribution in [-0.4, -0.2) is 66.7 Å². The molecule has 0 aliphatic carbocycles. The quantitative estimate of drug-likeness (QED) is 0.820. The van der Waals surface area contributed by atoms with Gasteiger partial charge in [-0.2, -0.15) is 0 Å². The van der Waals surface area contributed by atoms with Gasteiger partial charge in [0.1, 0.15) is 12.2 Å². The van der Waals surface area contributed by atoms with Gasteiger partial charge in [-0.15, -0.1) is 0 Å². The highest BCUT2D eigenvalue weighted by atomic mass is 16.5. The van der Waals surface area contributed by atoms with Crippen LogP contribution in [0.25, 0.3) is 0 Å². The summed E-state index contributed by atoms with van der Waals surface area (Å²) in [4.78, 5) is 13.6. The molecule has 1 aromatic rings. The molecule has 0 radical (unpaired) electrons. The fourth-order valence-corrected chi connectivity index (χ4v) is 2.09. The minimum absolute atomic E-state index is 0.145. The van der Waals surface area contributed by atoms with Gasteiger partial charge in [-0.05, 0) is 6.92 Å². The summed E-state index contributed by atoms with van der Waals surface area (Å²) >= 11 is 0. The highest BCUT2D eigenvalue weighted by molar-refractivity contribution is 5.91. The lowest BCUT2D eigenvalue weighted by Crippen LogP contribution is -2.56. The molecule has 1 saturated heterocycles. The molecule has 0 unspecified atom stereocenters. The van der Waals surface area contributed by atoms with Crippen molar-refractivity contribution in [2.75, 3.05) is 27.4 Å². The van der Waals surface area contributed by atoms with Crippen molar-refractivity contribution in [1.29, 1.82) is 0 Å². The van der Waals surface area contributed by atoms with E-state index in [9.17, 15) is 9.90 Å². The molecule has 7 nitrogen and oxygen atoms in total. The molecule has 0 aromatic carbocycles. The van der Waals surface area contributed by atoms with E-state index in [0.717, 1.165) is 0 Å². The SMILES string of the molecule is CO[C@@H]1COC[C@@H](N(C)C(=O)c2cc(C)no2)[C@@H]1O. The maximum absolute atomic E-state index is 12.2. The second-order valence-electron chi connectivity index (χ2n) is 4.62. The van der Waals surface area contributed by atoms with Crippen LogP contribution < -0.4 is 0 Å². The molecule has 19 heavy (non-hydrogen) atoms. The van der Waals surface area contributed by atoms with Crippen LogP contribution in [0, 0.1) is 6.92 Å². The zero-order chi connectivity index (χ0) is 14.0. The summed E-state index contributed by atoms with van der Waals surface area (Å²) in [6.45, 7) is 2.31. The molecule has 0 saturated carbocycles. The van der Waals surface area contributed by atoms with Gasteiger partial charge in [0.15, 0.2) is 0 Å². The van der Waals surface area contributed by atoms with Gasteiger partial charge in [0.25, 0.3) is 5.91 Å². The number of aryl methyl sites for hydroxylation is 1. The second kappa shape index (κ2) is 5.68. The molecular weight excluding hydrogens is 252 g/mol. The van der Waals surface area contributed by atoms with Gasteiger partial charge in [0.2, 0.25) is 5.76 Å². The number of hydrogen-bond acceptors (Lipinski definition) is 6. The molecule has 0 bridgehead atoms. The minimum Gasteiger partial charge on any atom is -0.388 e. The molecule has 1 amide bonds. The Balaban J connectivity index is 2.10. The van der Waals surface area contributed by atoms with Crippen molar-refractivity contribution < 1.29 is 23.9 Å². The number of nitrogens with zero attached hydrogens (tertiary/aromatic N) is 2. The van der Waals surface area contributed by atoms with Gasteiger partial charge in [-0.1, -0.05) is 5.16 Å². The van der Waals surface area contributed by atoms with Crippen LogP contribution in [0.3, 0.4) is 0 Å².